The van der Waals surface area contributed by atoms with E-state index in [1.165, 1.54) is 24.8 Å². The first-order valence-corrected chi connectivity index (χ1v) is 6.81. The van der Waals surface area contributed by atoms with Crippen LogP contribution >= 0.6 is 0 Å². The summed E-state index contributed by atoms with van der Waals surface area (Å²) in [6.07, 6.45) is 4.34. The van der Waals surface area contributed by atoms with E-state index >= 15 is 0 Å². The van der Waals surface area contributed by atoms with Gasteiger partial charge in [-0.3, -0.25) is 0 Å². The van der Waals surface area contributed by atoms with Crippen LogP contribution in [0.4, 0.5) is 0 Å². The molecule has 1 aromatic carbocycles. The number of hydrogen-bond donors (Lipinski definition) is 1. The van der Waals surface area contributed by atoms with Gasteiger partial charge in [-0.2, -0.15) is 0 Å². The second-order valence-corrected chi connectivity index (χ2v) is 5.07. The molecule has 1 aliphatic rings. The van der Waals surface area contributed by atoms with Crippen LogP contribution in [0.2, 0.25) is 0 Å². The number of hydrogen-bond acceptors (Lipinski definition) is 3. The van der Waals surface area contributed by atoms with Crippen LogP contribution in [-0.4, -0.2) is 42.9 Å². The van der Waals surface area contributed by atoms with Gasteiger partial charge in [0.1, 0.15) is 5.75 Å². The Morgan fingerprint density at radius 3 is 2.44 bits per heavy atom. The van der Waals surface area contributed by atoms with Crippen LogP contribution in [0.25, 0.3) is 0 Å². The summed E-state index contributed by atoms with van der Waals surface area (Å²) in [5, 5.41) is 10.1. The number of ether oxygens (including phenoxy) is 1. The number of β-amino-alcohol motifs (C(OH)–C–C–N with tert-alkyl or cyclic N) is 1. The third-order valence-electron chi connectivity index (χ3n) is 3.55. The fourth-order valence-corrected chi connectivity index (χ4v) is 2.54. The second kappa shape index (κ2) is 6.76. The SMILES string of the molecule is COc1ccc(CC(O)CN2CCCCC2)cc1. The van der Waals surface area contributed by atoms with Crippen LogP contribution in [0.3, 0.4) is 0 Å². The fraction of sp³-hybridized carbons (Fsp3) is 0.600. The van der Waals surface area contributed by atoms with Crippen LogP contribution in [0.15, 0.2) is 24.3 Å². The minimum absolute atomic E-state index is 0.267. The summed E-state index contributed by atoms with van der Waals surface area (Å²) < 4.78 is 5.12. The van der Waals surface area contributed by atoms with Crippen molar-refractivity contribution < 1.29 is 9.84 Å². The van der Waals surface area contributed by atoms with Crippen LogP contribution in [-0.2, 0) is 6.42 Å². The zero-order valence-corrected chi connectivity index (χ0v) is 11.1. The molecular formula is C15H23NO2. The third-order valence-corrected chi connectivity index (χ3v) is 3.55. The van der Waals surface area contributed by atoms with Crippen molar-refractivity contribution in [2.75, 3.05) is 26.7 Å². The van der Waals surface area contributed by atoms with Crippen molar-refractivity contribution in [1.82, 2.24) is 4.90 Å². The van der Waals surface area contributed by atoms with E-state index in [-0.39, 0.29) is 6.10 Å². The van der Waals surface area contributed by atoms with Crippen LogP contribution in [0, 0.1) is 0 Å². The van der Waals surface area contributed by atoms with E-state index in [4.69, 9.17) is 4.74 Å². The summed E-state index contributed by atoms with van der Waals surface area (Å²) in [6.45, 7) is 3.07. The lowest BCUT2D eigenvalue weighted by Crippen LogP contribution is -2.37. The topological polar surface area (TPSA) is 32.7 Å². The highest BCUT2D eigenvalue weighted by Crippen LogP contribution is 2.14. The Morgan fingerprint density at radius 2 is 1.83 bits per heavy atom. The lowest BCUT2D eigenvalue weighted by Gasteiger charge is -2.28. The van der Waals surface area contributed by atoms with E-state index in [9.17, 15) is 5.11 Å². The van der Waals surface area contributed by atoms with Gasteiger partial charge in [-0.25, -0.2) is 0 Å². The van der Waals surface area contributed by atoms with Crippen molar-refractivity contribution in [1.29, 1.82) is 0 Å². The highest BCUT2D eigenvalue weighted by Gasteiger charge is 2.14. The quantitative estimate of drug-likeness (QED) is 0.867. The Hall–Kier alpha value is -1.06. The molecule has 0 spiro atoms. The predicted octanol–water partition coefficient (Wildman–Crippen LogP) is 2.08. The molecule has 1 aromatic rings. The van der Waals surface area contributed by atoms with Crippen molar-refractivity contribution in [3.63, 3.8) is 0 Å². The van der Waals surface area contributed by atoms with Gasteiger partial charge in [-0.15, -0.1) is 0 Å². The molecule has 1 atom stereocenters. The molecule has 2 rings (SSSR count). The van der Waals surface area contributed by atoms with Crippen molar-refractivity contribution in [3.05, 3.63) is 29.8 Å². The Bertz CT molecular complexity index is 344. The average molecular weight is 249 g/mol. The van der Waals surface area contributed by atoms with E-state index in [0.29, 0.717) is 0 Å². The summed E-state index contributed by atoms with van der Waals surface area (Å²) in [5.74, 6) is 0.865. The van der Waals surface area contributed by atoms with Crippen LogP contribution < -0.4 is 4.74 Å². The van der Waals surface area contributed by atoms with Crippen LogP contribution in [0.5, 0.6) is 5.75 Å². The van der Waals surface area contributed by atoms with Gasteiger partial charge in [0.15, 0.2) is 0 Å². The molecule has 1 aliphatic heterocycles. The molecule has 1 fully saturated rings. The van der Waals surface area contributed by atoms with Crippen molar-refractivity contribution >= 4 is 0 Å². The predicted molar refractivity (Wildman–Crippen MR) is 73.0 cm³/mol. The maximum Gasteiger partial charge on any atom is 0.118 e. The lowest BCUT2D eigenvalue weighted by atomic mass is 10.1. The normalized spacial score (nSPS) is 18.6. The van der Waals surface area contributed by atoms with Gasteiger partial charge in [0.05, 0.1) is 13.2 Å². The van der Waals surface area contributed by atoms with Crippen LogP contribution in [0.1, 0.15) is 24.8 Å². The average Bonchev–Trinajstić information content (AvgIpc) is 2.40. The Kier molecular flexibility index (Phi) is 5.02. The van der Waals surface area contributed by atoms with Gasteiger partial charge < -0.3 is 14.7 Å². The van der Waals surface area contributed by atoms with E-state index in [2.05, 4.69) is 4.90 Å². The van der Waals surface area contributed by atoms with E-state index in [1.807, 2.05) is 24.3 Å². The molecule has 0 saturated carbocycles. The first kappa shape index (κ1) is 13.4. The second-order valence-electron chi connectivity index (χ2n) is 5.07. The molecule has 0 radical (unpaired) electrons. The number of methoxy groups -OCH3 is 1. The molecule has 1 unspecified atom stereocenters. The van der Waals surface area contributed by atoms with Gasteiger partial charge in [0.2, 0.25) is 0 Å². The third kappa shape index (κ3) is 4.00. The summed E-state index contributed by atoms with van der Waals surface area (Å²) >= 11 is 0. The Labute approximate surface area is 109 Å². The molecule has 1 N–H and O–H groups in total. The van der Waals surface area contributed by atoms with Gasteiger partial charge in [-0.1, -0.05) is 18.6 Å². The molecule has 18 heavy (non-hydrogen) atoms. The Morgan fingerprint density at radius 1 is 1.17 bits per heavy atom. The summed E-state index contributed by atoms with van der Waals surface area (Å²) in [7, 11) is 1.67. The number of nitrogens with zero attached hydrogens (tertiary/aromatic N) is 1. The fourth-order valence-electron chi connectivity index (χ4n) is 2.54. The monoisotopic (exact) mass is 249 g/mol. The first-order chi connectivity index (χ1) is 8.78. The van der Waals surface area contributed by atoms with E-state index in [1.54, 1.807) is 7.11 Å². The molecule has 1 saturated heterocycles. The molecule has 0 amide bonds. The van der Waals surface area contributed by atoms with Crippen molar-refractivity contribution in [3.8, 4) is 5.75 Å². The van der Waals surface area contributed by atoms with Crippen molar-refractivity contribution in [2.45, 2.75) is 31.8 Å². The largest absolute Gasteiger partial charge is 0.497 e. The highest BCUT2D eigenvalue weighted by molar-refractivity contribution is 5.27. The van der Waals surface area contributed by atoms with Gasteiger partial charge >= 0.3 is 0 Å². The van der Waals surface area contributed by atoms with E-state index < -0.39 is 0 Å². The molecule has 3 heteroatoms. The van der Waals surface area contributed by atoms with Gasteiger partial charge in [0.25, 0.3) is 0 Å². The van der Waals surface area contributed by atoms with Gasteiger partial charge in [-0.05, 0) is 50.0 Å². The Balaban J connectivity index is 1.80. The maximum atomic E-state index is 10.1. The standard InChI is InChI=1S/C15H23NO2/c1-18-15-7-5-13(6-8-15)11-14(17)12-16-9-3-2-4-10-16/h5-8,14,17H,2-4,9-12H2,1H3. The maximum absolute atomic E-state index is 10.1. The number of aliphatic hydroxyl groups is 1. The molecule has 0 aromatic heterocycles. The number of piperidine rings is 1. The molecule has 0 aliphatic carbocycles. The molecule has 1 heterocycles. The number of benzene rings is 1. The molecule has 3 nitrogen and oxygen atoms in total. The summed E-state index contributed by atoms with van der Waals surface area (Å²) in [5.41, 5.74) is 1.17. The van der Waals surface area contributed by atoms with Gasteiger partial charge in [0, 0.05) is 6.54 Å². The highest BCUT2D eigenvalue weighted by atomic mass is 16.5. The smallest absolute Gasteiger partial charge is 0.118 e. The summed E-state index contributed by atoms with van der Waals surface area (Å²) in [6, 6.07) is 7.95. The number of rotatable bonds is 5. The first-order valence-electron chi connectivity index (χ1n) is 6.81. The zero-order chi connectivity index (χ0) is 12.8. The van der Waals surface area contributed by atoms with E-state index in [0.717, 1.165) is 31.8 Å². The van der Waals surface area contributed by atoms with Crippen molar-refractivity contribution in [2.24, 2.45) is 0 Å². The molecular weight excluding hydrogens is 226 g/mol. The molecule has 100 valence electrons. The zero-order valence-electron chi connectivity index (χ0n) is 11.1. The lowest BCUT2D eigenvalue weighted by molar-refractivity contribution is 0.101. The minimum Gasteiger partial charge on any atom is -0.497 e. The summed E-state index contributed by atoms with van der Waals surface area (Å²) in [4.78, 5) is 2.37. The molecule has 0 bridgehead atoms. The number of likely N-dealkylation sites (tertiary alicyclic amines) is 1. The number of aliphatic hydroxyl groups excluding tert-OH is 1. The minimum atomic E-state index is -0.267.